The van der Waals surface area contributed by atoms with Crippen molar-refractivity contribution in [3.05, 3.63) is 77.3 Å². The summed E-state index contributed by atoms with van der Waals surface area (Å²) >= 11 is 0. The van der Waals surface area contributed by atoms with Gasteiger partial charge in [0, 0.05) is 22.6 Å². The molecule has 2 aromatic heterocycles. The second-order valence-corrected chi connectivity index (χ2v) is 7.45. The standard InChI is InChI=1S/C22H20FN3O4/c1-13-10-17(14(2)26(13)16-7-4-6-15(23)11-16)18(27)12-25-20(28)22(3,24-21(25)29)19-8-5-9-30-19/h4-11H,12H2,1-3H3,(H,24,29). The molecule has 1 aromatic carbocycles. The maximum absolute atomic E-state index is 13.7. The topological polar surface area (TPSA) is 84.6 Å². The van der Waals surface area contributed by atoms with Crippen LogP contribution in [0.3, 0.4) is 0 Å². The molecule has 3 aromatic rings. The fourth-order valence-corrected chi connectivity index (χ4v) is 3.86. The molecule has 0 saturated carbocycles. The first-order valence-corrected chi connectivity index (χ1v) is 9.38. The van der Waals surface area contributed by atoms with Crippen molar-refractivity contribution in [3.8, 4) is 5.69 Å². The van der Waals surface area contributed by atoms with Gasteiger partial charge in [-0.15, -0.1) is 0 Å². The van der Waals surface area contributed by atoms with Gasteiger partial charge in [-0.05, 0) is 57.2 Å². The quantitative estimate of drug-likeness (QED) is 0.517. The maximum atomic E-state index is 13.7. The van der Waals surface area contributed by atoms with E-state index in [1.807, 2.05) is 0 Å². The lowest BCUT2D eigenvalue weighted by molar-refractivity contribution is -0.131. The van der Waals surface area contributed by atoms with Crippen molar-refractivity contribution >= 4 is 17.7 Å². The molecular formula is C22H20FN3O4. The van der Waals surface area contributed by atoms with Gasteiger partial charge >= 0.3 is 6.03 Å². The highest BCUT2D eigenvalue weighted by Crippen LogP contribution is 2.29. The van der Waals surface area contributed by atoms with Crippen molar-refractivity contribution in [2.24, 2.45) is 0 Å². The van der Waals surface area contributed by atoms with Gasteiger partial charge in [0.05, 0.1) is 12.8 Å². The number of rotatable bonds is 5. The average molecular weight is 409 g/mol. The number of nitrogens with one attached hydrogen (secondary N) is 1. The van der Waals surface area contributed by atoms with Gasteiger partial charge in [-0.2, -0.15) is 0 Å². The third-order valence-corrected chi connectivity index (χ3v) is 5.39. The van der Waals surface area contributed by atoms with Gasteiger partial charge in [-0.25, -0.2) is 9.18 Å². The fourth-order valence-electron chi connectivity index (χ4n) is 3.86. The molecule has 1 unspecified atom stereocenters. The van der Waals surface area contributed by atoms with Crippen LogP contribution in [-0.4, -0.2) is 33.7 Å². The smallest absolute Gasteiger partial charge is 0.325 e. The summed E-state index contributed by atoms with van der Waals surface area (Å²) in [7, 11) is 0. The zero-order valence-electron chi connectivity index (χ0n) is 16.7. The summed E-state index contributed by atoms with van der Waals surface area (Å²) in [4.78, 5) is 39.2. The number of carbonyl (C=O) groups excluding carboxylic acids is 3. The van der Waals surface area contributed by atoms with E-state index in [-0.39, 0.29) is 5.82 Å². The molecule has 3 heterocycles. The van der Waals surface area contributed by atoms with Crippen LogP contribution in [-0.2, 0) is 10.3 Å². The van der Waals surface area contributed by atoms with E-state index in [9.17, 15) is 18.8 Å². The number of imide groups is 1. The Labute approximate surface area is 172 Å². The largest absolute Gasteiger partial charge is 0.466 e. The van der Waals surface area contributed by atoms with Crippen LogP contribution in [0.1, 0.15) is 34.4 Å². The van der Waals surface area contributed by atoms with E-state index >= 15 is 0 Å². The van der Waals surface area contributed by atoms with Crippen LogP contribution in [0, 0.1) is 19.7 Å². The molecule has 1 aliphatic heterocycles. The molecule has 154 valence electrons. The molecule has 0 bridgehead atoms. The first-order valence-electron chi connectivity index (χ1n) is 9.38. The Morgan fingerprint density at radius 1 is 1.17 bits per heavy atom. The minimum absolute atomic E-state index is 0.292. The predicted molar refractivity (Wildman–Crippen MR) is 106 cm³/mol. The Kier molecular flexibility index (Phi) is 4.57. The lowest BCUT2D eigenvalue weighted by atomic mass is 9.99. The van der Waals surface area contributed by atoms with Crippen molar-refractivity contribution < 1.29 is 23.2 Å². The number of Topliss-reactive ketones (excluding diaryl/α,β-unsaturated/α-hetero) is 1. The van der Waals surface area contributed by atoms with Crippen LogP contribution in [0.2, 0.25) is 0 Å². The maximum Gasteiger partial charge on any atom is 0.325 e. The molecule has 1 fully saturated rings. The van der Waals surface area contributed by atoms with E-state index in [1.54, 1.807) is 48.7 Å². The number of ketones is 1. The molecule has 0 aliphatic carbocycles. The summed E-state index contributed by atoms with van der Waals surface area (Å²) in [6, 6.07) is 10.3. The molecule has 0 spiro atoms. The predicted octanol–water partition coefficient (Wildman–Crippen LogP) is 3.48. The summed E-state index contributed by atoms with van der Waals surface area (Å²) < 4.78 is 20.7. The molecule has 7 nitrogen and oxygen atoms in total. The third-order valence-electron chi connectivity index (χ3n) is 5.39. The molecule has 30 heavy (non-hydrogen) atoms. The zero-order valence-corrected chi connectivity index (χ0v) is 16.7. The highest BCUT2D eigenvalue weighted by atomic mass is 19.1. The van der Waals surface area contributed by atoms with Gasteiger partial charge in [-0.3, -0.25) is 14.5 Å². The van der Waals surface area contributed by atoms with Crippen LogP contribution in [0.25, 0.3) is 5.69 Å². The summed E-state index contributed by atoms with van der Waals surface area (Å²) in [5, 5.41) is 2.60. The summed E-state index contributed by atoms with van der Waals surface area (Å²) in [5.41, 5.74) is 0.927. The van der Waals surface area contributed by atoms with E-state index < -0.39 is 29.8 Å². The Morgan fingerprint density at radius 2 is 1.93 bits per heavy atom. The average Bonchev–Trinajstić information content (AvgIpc) is 3.38. The lowest BCUT2D eigenvalue weighted by Crippen LogP contribution is -2.41. The zero-order chi connectivity index (χ0) is 21.6. The van der Waals surface area contributed by atoms with Crippen LogP contribution in [0.4, 0.5) is 9.18 Å². The molecule has 1 saturated heterocycles. The normalized spacial score (nSPS) is 18.7. The van der Waals surface area contributed by atoms with Crippen LogP contribution in [0.15, 0.2) is 53.1 Å². The van der Waals surface area contributed by atoms with E-state index in [4.69, 9.17) is 4.42 Å². The number of nitrogens with zero attached hydrogens (tertiary/aromatic N) is 2. The molecule has 3 amide bonds. The summed E-state index contributed by atoms with van der Waals surface area (Å²) in [6.45, 7) is 4.67. The Bertz CT molecular complexity index is 1170. The fraction of sp³-hybridized carbons (Fsp3) is 0.227. The molecule has 0 radical (unpaired) electrons. The van der Waals surface area contributed by atoms with E-state index in [0.29, 0.717) is 22.7 Å². The van der Waals surface area contributed by atoms with Crippen molar-refractivity contribution in [3.63, 3.8) is 0 Å². The first-order chi connectivity index (χ1) is 14.2. The SMILES string of the molecule is Cc1cc(C(=O)CN2C(=O)NC(C)(c3ccco3)C2=O)c(C)n1-c1cccc(F)c1. The molecule has 8 heteroatoms. The van der Waals surface area contributed by atoms with E-state index in [2.05, 4.69) is 5.32 Å². The molecule has 1 N–H and O–H groups in total. The first kappa shape index (κ1) is 19.6. The molecule has 1 atom stereocenters. The third kappa shape index (κ3) is 3.01. The van der Waals surface area contributed by atoms with Crippen molar-refractivity contribution in [1.82, 2.24) is 14.8 Å². The second-order valence-electron chi connectivity index (χ2n) is 7.45. The van der Waals surface area contributed by atoms with Gasteiger partial charge in [0.1, 0.15) is 11.6 Å². The van der Waals surface area contributed by atoms with Gasteiger partial charge in [-0.1, -0.05) is 6.07 Å². The van der Waals surface area contributed by atoms with Gasteiger partial charge < -0.3 is 14.3 Å². The number of benzene rings is 1. The number of carbonyl (C=O) groups is 3. The van der Waals surface area contributed by atoms with Crippen molar-refractivity contribution in [2.45, 2.75) is 26.3 Å². The highest BCUT2D eigenvalue weighted by molar-refractivity contribution is 6.11. The Balaban J connectivity index is 1.62. The number of halogens is 1. The highest BCUT2D eigenvalue weighted by Gasteiger charge is 2.51. The summed E-state index contributed by atoms with van der Waals surface area (Å²) in [5.74, 6) is -1.04. The number of furan rings is 1. The van der Waals surface area contributed by atoms with Crippen LogP contribution in [0.5, 0.6) is 0 Å². The minimum Gasteiger partial charge on any atom is -0.466 e. The molecule has 4 rings (SSSR count). The summed E-state index contributed by atoms with van der Waals surface area (Å²) in [6.07, 6.45) is 1.41. The van der Waals surface area contributed by atoms with Crippen LogP contribution >= 0.6 is 0 Å². The lowest BCUT2D eigenvalue weighted by Gasteiger charge is -2.18. The molecule has 1 aliphatic rings. The number of amides is 3. The van der Waals surface area contributed by atoms with E-state index in [1.165, 1.54) is 25.3 Å². The number of urea groups is 1. The number of hydrogen-bond donors (Lipinski definition) is 1. The van der Waals surface area contributed by atoms with E-state index in [0.717, 1.165) is 10.6 Å². The van der Waals surface area contributed by atoms with Crippen molar-refractivity contribution in [1.29, 1.82) is 0 Å². The van der Waals surface area contributed by atoms with Gasteiger partial charge in [0.15, 0.2) is 11.3 Å². The molecular weight excluding hydrogens is 389 g/mol. The minimum atomic E-state index is -1.36. The second kappa shape index (κ2) is 6.98. The number of aromatic nitrogens is 1. The Morgan fingerprint density at radius 3 is 2.60 bits per heavy atom. The monoisotopic (exact) mass is 409 g/mol. The van der Waals surface area contributed by atoms with Gasteiger partial charge in [0.25, 0.3) is 5.91 Å². The van der Waals surface area contributed by atoms with Crippen LogP contribution < -0.4 is 5.32 Å². The number of hydrogen-bond acceptors (Lipinski definition) is 4. The van der Waals surface area contributed by atoms with Crippen molar-refractivity contribution in [2.75, 3.05) is 6.54 Å². The number of aryl methyl sites for hydroxylation is 1. The Hall–Kier alpha value is -3.68. The van der Waals surface area contributed by atoms with Gasteiger partial charge in [0.2, 0.25) is 0 Å².